The summed E-state index contributed by atoms with van der Waals surface area (Å²) in [5, 5.41) is 11.8. The van der Waals surface area contributed by atoms with E-state index in [0.717, 1.165) is 35.9 Å². The van der Waals surface area contributed by atoms with Gasteiger partial charge in [0.2, 0.25) is 0 Å². The van der Waals surface area contributed by atoms with Crippen molar-refractivity contribution in [3.63, 3.8) is 0 Å². The Bertz CT molecular complexity index is 475. The van der Waals surface area contributed by atoms with E-state index in [1.165, 1.54) is 5.56 Å². The zero-order valence-electron chi connectivity index (χ0n) is 8.86. The first kappa shape index (κ1) is 10.5. The lowest BCUT2D eigenvalue weighted by atomic mass is 9.99. The summed E-state index contributed by atoms with van der Waals surface area (Å²) in [4.78, 5) is 10.4. The Labute approximate surface area is 94.1 Å². The molecule has 2 rings (SSSR count). The highest BCUT2D eigenvalue weighted by Gasteiger charge is 2.10. The summed E-state index contributed by atoms with van der Waals surface area (Å²) < 4.78 is 0. The maximum atomic E-state index is 10.4. The fraction of sp³-hybridized carbons (Fsp3) is 0.154. The van der Waals surface area contributed by atoms with Crippen molar-refractivity contribution in [3.05, 3.63) is 47.7 Å². The molecule has 0 saturated carbocycles. The second-order valence-electron chi connectivity index (χ2n) is 3.82. The third kappa shape index (κ3) is 2.31. The molecular weight excluding hydrogens is 202 g/mol. The second-order valence-corrected chi connectivity index (χ2v) is 3.82. The van der Waals surface area contributed by atoms with E-state index in [1.54, 1.807) is 6.08 Å². The first-order valence-electron chi connectivity index (χ1n) is 5.14. The van der Waals surface area contributed by atoms with Crippen molar-refractivity contribution in [1.82, 2.24) is 0 Å². The van der Waals surface area contributed by atoms with Crippen LogP contribution in [-0.2, 0) is 11.2 Å². The highest BCUT2D eigenvalue weighted by Crippen LogP contribution is 2.27. The second kappa shape index (κ2) is 4.23. The monoisotopic (exact) mass is 215 g/mol. The first-order chi connectivity index (χ1) is 7.65. The van der Waals surface area contributed by atoms with Crippen molar-refractivity contribution < 1.29 is 9.90 Å². The zero-order chi connectivity index (χ0) is 11.5. The number of rotatable bonds is 2. The van der Waals surface area contributed by atoms with E-state index in [1.807, 2.05) is 18.2 Å². The fourth-order valence-corrected chi connectivity index (χ4v) is 1.75. The molecule has 0 aromatic heterocycles. The van der Waals surface area contributed by atoms with E-state index in [9.17, 15) is 4.79 Å². The summed E-state index contributed by atoms with van der Waals surface area (Å²) in [6.07, 6.45) is 4.64. The molecule has 1 aliphatic rings. The van der Waals surface area contributed by atoms with E-state index in [2.05, 4.69) is 11.9 Å². The number of nitrogens with one attached hydrogen (secondary N) is 1. The van der Waals surface area contributed by atoms with Gasteiger partial charge in [-0.25, -0.2) is 4.79 Å². The van der Waals surface area contributed by atoms with Crippen molar-refractivity contribution in [2.75, 3.05) is 5.32 Å². The number of hydrogen-bond acceptors (Lipinski definition) is 2. The number of anilines is 1. The Morgan fingerprint density at radius 2 is 2.25 bits per heavy atom. The standard InChI is InChI=1S/C13H13NO2/c1-9-2-5-11-8-10(4-7-13(15)16)3-6-12(11)14-9/h3-4,6-8,14H,1-2,5H2,(H,15,16)/b7-4+. The summed E-state index contributed by atoms with van der Waals surface area (Å²) >= 11 is 0. The molecule has 1 aliphatic heterocycles. The number of benzene rings is 1. The van der Waals surface area contributed by atoms with Gasteiger partial charge in [0, 0.05) is 17.5 Å². The number of aryl methyl sites for hydroxylation is 1. The highest BCUT2D eigenvalue weighted by molar-refractivity contribution is 5.85. The molecule has 0 bridgehead atoms. The Morgan fingerprint density at radius 3 is 3.00 bits per heavy atom. The number of fused-ring (bicyclic) bond motifs is 1. The summed E-state index contributed by atoms with van der Waals surface area (Å²) in [6.45, 7) is 3.89. The van der Waals surface area contributed by atoms with Crippen molar-refractivity contribution in [2.45, 2.75) is 12.8 Å². The number of hydrogen-bond donors (Lipinski definition) is 2. The number of carboxylic acids is 1. The first-order valence-corrected chi connectivity index (χ1v) is 5.14. The number of aliphatic carboxylic acids is 1. The van der Waals surface area contributed by atoms with Gasteiger partial charge in [-0.05, 0) is 42.2 Å². The number of carbonyl (C=O) groups is 1. The number of carboxylic acid groups (broad SMARTS) is 1. The average Bonchev–Trinajstić information content (AvgIpc) is 2.26. The van der Waals surface area contributed by atoms with Crippen LogP contribution in [0.1, 0.15) is 17.5 Å². The molecule has 82 valence electrons. The molecule has 0 spiro atoms. The lowest BCUT2D eigenvalue weighted by Gasteiger charge is -2.20. The molecule has 1 heterocycles. The van der Waals surface area contributed by atoms with Crippen molar-refractivity contribution in [3.8, 4) is 0 Å². The zero-order valence-corrected chi connectivity index (χ0v) is 8.86. The Hall–Kier alpha value is -2.03. The van der Waals surface area contributed by atoms with E-state index < -0.39 is 5.97 Å². The van der Waals surface area contributed by atoms with Crippen LogP contribution in [-0.4, -0.2) is 11.1 Å². The van der Waals surface area contributed by atoms with Gasteiger partial charge in [0.15, 0.2) is 0 Å². The van der Waals surface area contributed by atoms with Crippen LogP contribution in [0.15, 0.2) is 36.6 Å². The van der Waals surface area contributed by atoms with Crippen molar-refractivity contribution in [2.24, 2.45) is 0 Å². The SMILES string of the molecule is C=C1CCc2cc(/C=C/C(=O)O)ccc2N1. The van der Waals surface area contributed by atoms with E-state index in [0.29, 0.717) is 0 Å². The van der Waals surface area contributed by atoms with Crippen molar-refractivity contribution >= 4 is 17.7 Å². The maximum Gasteiger partial charge on any atom is 0.328 e. The molecule has 1 aromatic carbocycles. The predicted molar refractivity (Wildman–Crippen MR) is 64.2 cm³/mol. The Balaban J connectivity index is 2.26. The van der Waals surface area contributed by atoms with Gasteiger partial charge in [0.25, 0.3) is 0 Å². The molecule has 0 aliphatic carbocycles. The fourth-order valence-electron chi connectivity index (χ4n) is 1.75. The van der Waals surface area contributed by atoms with Crippen LogP contribution in [0.3, 0.4) is 0 Å². The van der Waals surface area contributed by atoms with Crippen molar-refractivity contribution in [1.29, 1.82) is 0 Å². The van der Waals surface area contributed by atoms with Gasteiger partial charge in [-0.3, -0.25) is 0 Å². The molecule has 16 heavy (non-hydrogen) atoms. The van der Waals surface area contributed by atoms with E-state index >= 15 is 0 Å². The maximum absolute atomic E-state index is 10.4. The summed E-state index contributed by atoms with van der Waals surface area (Å²) in [6, 6.07) is 5.86. The van der Waals surface area contributed by atoms with Gasteiger partial charge >= 0.3 is 5.97 Å². The van der Waals surface area contributed by atoms with Crippen LogP contribution >= 0.6 is 0 Å². The van der Waals surface area contributed by atoms with Gasteiger partial charge < -0.3 is 10.4 Å². The smallest absolute Gasteiger partial charge is 0.328 e. The molecule has 0 atom stereocenters. The third-order valence-corrected chi connectivity index (χ3v) is 2.56. The topological polar surface area (TPSA) is 49.3 Å². The predicted octanol–water partition coefficient (Wildman–Crippen LogP) is 2.66. The molecule has 2 N–H and O–H groups in total. The molecule has 3 nitrogen and oxygen atoms in total. The molecule has 0 unspecified atom stereocenters. The van der Waals surface area contributed by atoms with Crippen LogP contribution in [0, 0.1) is 0 Å². The number of allylic oxidation sites excluding steroid dienone is 1. The molecule has 0 saturated heterocycles. The summed E-state index contributed by atoms with van der Waals surface area (Å²) in [5.74, 6) is -0.927. The Kier molecular flexibility index (Phi) is 2.77. The molecule has 3 heteroatoms. The minimum absolute atomic E-state index is 0.912. The summed E-state index contributed by atoms with van der Waals surface area (Å²) in [5.41, 5.74) is 4.22. The molecule has 0 amide bonds. The van der Waals surface area contributed by atoms with Gasteiger partial charge in [-0.15, -0.1) is 0 Å². The largest absolute Gasteiger partial charge is 0.478 e. The molecule has 0 fully saturated rings. The van der Waals surface area contributed by atoms with E-state index in [4.69, 9.17) is 5.11 Å². The van der Waals surface area contributed by atoms with Crippen LogP contribution < -0.4 is 5.32 Å². The van der Waals surface area contributed by atoms with Gasteiger partial charge in [-0.1, -0.05) is 12.6 Å². The Morgan fingerprint density at radius 1 is 1.44 bits per heavy atom. The van der Waals surface area contributed by atoms with Crippen LogP contribution in [0.2, 0.25) is 0 Å². The normalized spacial score (nSPS) is 14.6. The van der Waals surface area contributed by atoms with Gasteiger partial charge in [0.05, 0.1) is 0 Å². The highest BCUT2D eigenvalue weighted by atomic mass is 16.4. The molecule has 1 aromatic rings. The van der Waals surface area contributed by atoms with Crippen LogP contribution in [0.25, 0.3) is 6.08 Å². The quantitative estimate of drug-likeness (QED) is 0.745. The van der Waals surface area contributed by atoms with E-state index in [-0.39, 0.29) is 0 Å². The minimum Gasteiger partial charge on any atom is -0.478 e. The van der Waals surface area contributed by atoms with Crippen LogP contribution in [0.5, 0.6) is 0 Å². The average molecular weight is 215 g/mol. The minimum atomic E-state index is -0.927. The molecule has 0 radical (unpaired) electrons. The summed E-state index contributed by atoms with van der Waals surface area (Å²) in [7, 11) is 0. The van der Waals surface area contributed by atoms with Crippen LogP contribution in [0.4, 0.5) is 5.69 Å². The molecular formula is C13H13NO2. The van der Waals surface area contributed by atoms with Gasteiger partial charge in [-0.2, -0.15) is 0 Å². The lowest BCUT2D eigenvalue weighted by molar-refractivity contribution is -0.131. The van der Waals surface area contributed by atoms with Gasteiger partial charge in [0.1, 0.15) is 0 Å². The third-order valence-electron chi connectivity index (χ3n) is 2.56. The lowest BCUT2D eigenvalue weighted by Crippen LogP contribution is -2.08.